The van der Waals surface area contributed by atoms with Gasteiger partial charge in [-0.1, -0.05) is 35.9 Å². The monoisotopic (exact) mass is 294 g/mol. The van der Waals surface area contributed by atoms with Gasteiger partial charge in [-0.15, -0.1) is 0 Å². The highest BCUT2D eigenvalue weighted by molar-refractivity contribution is 6.31. The molecule has 0 aliphatic rings. The topological polar surface area (TPSA) is 46.5 Å². The highest BCUT2D eigenvalue weighted by atomic mass is 35.5. The van der Waals surface area contributed by atoms with E-state index in [9.17, 15) is 9.18 Å². The minimum Gasteiger partial charge on any atom is -0.489 e. The number of hydrogen-bond acceptors (Lipinski definition) is 2. The molecule has 2 aromatic carbocycles. The minimum atomic E-state index is -0.930. The van der Waals surface area contributed by atoms with E-state index in [-0.39, 0.29) is 18.1 Å². The van der Waals surface area contributed by atoms with Crippen LogP contribution in [0.15, 0.2) is 42.5 Å². The summed E-state index contributed by atoms with van der Waals surface area (Å²) in [5, 5.41) is 9.11. The lowest BCUT2D eigenvalue weighted by atomic mass is 10.1. The zero-order chi connectivity index (χ0) is 14.5. The summed E-state index contributed by atoms with van der Waals surface area (Å²) in [5.74, 6) is -0.860. The van der Waals surface area contributed by atoms with Gasteiger partial charge in [-0.25, -0.2) is 4.39 Å². The first kappa shape index (κ1) is 14.3. The largest absolute Gasteiger partial charge is 0.489 e. The number of carboxylic acids is 1. The number of carbonyl (C=O) groups is 1. The number of benzene rings is 2. The Kier molecular flexibility index (Phi) is 4.58. The van der Waals surface area contributed by atoms with Crippen LogP contribution in [0.4, 0.5) is 4.39 Å². The number of aliphatic carboxylic acids is 1. The third-order valence-electron chi connectivity index (χ3n) is 2.71. The zero-order valence-electron chi connectivity index (χ0n) is 10.5. The molecule has 0 aromatic heterocycles. The molecule has 0 fully saturated rings. The quantitative estimate of drug-likeness (QED) is 0.915. The van der Waals surface area contributed by atoms with Crippen molar-refractivity contribution in [3.8, 4) is 5.75 Å². The molecule has 104 valence electrons. The Hall–Kier alpha value is -2.07. The molecule has 0 atom stereocenters. The van der Waals surface area contributed by atoms with Crippen molar-refractivity contribution in [2.45, 2.75) is 13.0 Å². The van der Waals surface area contributed by atoms with E-state index in [0.29, 0.717) is 16.9 Å². The van der Waals surface area contributed by atoms with Gasteiger partial charge in [0.15, 0.2) is 0 Å². The van der Waals surface area contributed by atoms with E-state index < -0.39 is 11.8 Å². The lowest BCUT2D eigenvalue weighted by Gasteiger charge is -2.11. The maximum Gasteiger partial charge on any atom is 0.307 e. The average molecular weight is 295 g/mol. The molecule has 5 heteroatoms. The molecule has 0 heterocycles. The summed E-state index contributed by atoms with van der Waals surface area (Å²) in [6.07, 6.45) is -0.118. The third-order valence-corrected chi connectivity index (χ3v) is 3.06. The Labute approximate surface area is 120 Å². The second-order valence-corrected chi connectivity index (χ2v) is 4.61. The van der Waals surface area contributed by atoms with Gasteiger partial charge in [0.1, 0.15) is 18.2 Å². The van der Waals surface area contributed by atoms with E-state index in [2.05, 4.69) is 0 Å². The molecule has 0 saturated heterocycles. The van der Waals surface area contributed by atoms with E-state index in [1.54, 1.807) is 24.3 Å². The van der Waals surface area contributed by atoms with E-state index in [0.717, 1.165) is 0 Å². The first-order valence-corrected chi connectivity index (χ1v) is 6.30. The van der Waals surface area contributed by atoms with E-state index in [1.807, 2.05) is 0 Å². The fourth-order valence-electron chi connectivity index (χ4n) is 1.75. The Bertz CT molecular complexity index is 628. The summed E-state index contributed by atoms with van der Waals surface area (Å²) in [4.78, 5) is 10.8. The zero-order valence-corrected chi connectivity index (χ0v) is 11.2. The molecule has 3 nitrogen and oxygen atoms in total. The summed E-state index contributed by atoms with van der Waals surface area (Å²) in [5.41, 5.74) is 1.22. The lowest BCUT2D eigenvalue weighted by Crippen LogP contribution is -2.04. The molecule has 1 N–H and O–H groups in total. The summed E-state index contributed by atoms with van der Waals surface area (Å²) >= 11 is 5.91. The van der Waals surface area contributed by atoms with Gasteiger partial charge in [0.05, 0.1) is 11.4 Å². The van der Waals surface area contributed by atoms with Crippen LogP contribution in [0.1, 0.15) is 11.1 Å². The second kappa shape index (κ2) is 6.39. The SMILES string of the molecule is O=C(O)Cc1ccccc1OCc1ccc(F)cc1Cl. The van der Waals surface area contributed by atoms with Crippen LogP contribution in [-0.2, 0) is 17.8 Å². The number of rotatable bonds is 5. The van der Waals surface area contributed by atoms with Gasteiger partial charge < -0.3 is 9.84 Å². The first-order chi connectivity index (χ1) is 9.56. The van der Waals surface area contributed by atoms with Gasteiger partial charge in [0.25, 0.3) is 0 Å². The number of para-hydroxylation sites is 1. The number of hydrogen-bond donors (Lipinski definition) is 1. The van der Waals surface area contributed by atoms with Gasteiger partial charge in [0, 0.05) is 11.1 Å². The molecule has 0 amide bonds. The van der Waals surface area contributed by atoms with Crippen LogP contribution in [0.2, 0.25) is 5.02 Å². The van der Waals surface area contributed by atoms with Crippen molar-refractivity contribution in [1.29, 1.82) is 0 Å². The van der Waals surface area contributed by atoms with Gasteiger partial charge in [-0.05, 0) is 18.2 Å². The van der Waals surface area contributed by atoms with Crippen LogP contribution in [0.3, 0.4) is 0 Å². The number of carboxylic acid groups (broad SMARTS) is 1. The summed E-state index contributed by atoms with van der Waals surface area (Å²) < 4.78 is 18.5. The van der Waals surface area contributed by atoms with Crippen LogP contribution in [0, 0.1) is 5.82 Å². The highest BCUT2D eigenvalue weighted by Gasteiger charge is 2.09. The molecule has 0 bridgehead atoms. The standard InChI is InChI=1S/C15H12ClFO3/c16-13-8-12(17)6-5-11(13)9-20-14-4-2-1-3-10(14)7-15(18)19/h1-6,8H,7,9H2,(H,18,19). The van der Waals surface area contributed by atoms with Gasteiger partial charge in [-0.3, -0.25) is 4.79 Å². The Balaban J connectivity index is 2.12. The predicted octanol–water partition coefficient (Wildman–Crippen LogP) is 3.69. The average Bonchev–Trinajstić information content (AvgIpc) is 2.39. The molecule has 0 radical (unpaired) electrons. The first-order valence-electron chi connectivity index (χ1n) is 5.92. The fourth-order valence-corrected chi connectivity index (χ4v) is 1.97. The number of halogens is 2. The van der Waals surface area contributed by atoms with Crippen molar-refractivity contribution in [3.05, 3.63) is 64.4 Å². The molecule has 0 spiro atoms. The molecular weight excluding hydrogens is 283 g/mol. The predicted molar refractivity (Wildman–Crippen MR) is 73.5 cm³/mol. The molecule has 2 aromatic rings. The molecular formula is C15H12ClFO3. The lowest BCUT2D eigenvalue weighted by molar-refractivity contribution is -0.136. The smallest absolute Gasteiger partial charge is 0.307 e. The molecule has 0 saturated carbocycles. The maximum absolute atomic E-state index is 12.9. The van der Waals surface area contributed by atoms with Crippen LogP contribution in [-0.4, -0.2) is 11.1 Å². The summed E-state index contributed by atoms with van der Waals surface area (Å²) in [7, 11) is 0. The highest BCUT2D eigenvalue weighted by Crippen LogP contribution is 2.23. The summed E-state index contributed by atoms with van der Waals surface area (Å²) in [6.45, 7) is 0.149. The molecule has 20 heavy (non-hydrogen) atoms. The van der Waals surface area contributed by atoms with Crippen LogP contribution >= 0.6 is 11.6 Å². The van der Waals surface area contributed by atoms with E-state index >= 15 is 0 Å². The van der Waals surface area contributed by atoms with Gasteiger partial charge in [-0.2, -0.15) is 0 Å². The third kappa shape index (κ3) is 3.71. The fraction of sp³-hybridized carbons (Fsp3) is 0.133. The Morgan fingerprint density at radius 1 is 1.20 bits per heavy atom. The van der Waals surface area contributed by atoms with Crippen molar-refractivity contribution in [2.75, 3.05) is 0 Å². The van der Waals surface area contributed by atoms with Crippen molar-refractivity contribution in [1.82, 2.24) is 0 Å². The van der Waals surface area contributed by atoms with Gasteiger partial charge >= 0.3 is 5.97 Å². The van der Waals surface area contributed by atoms with Crippen LogP contribution in [0.25, 0.3) is 0 Å². The Morgan fingerprint density at radius 3 is 2.65 bits per heavy atom. The molecule has 0 unspecified atom stereocenters. The van der Waals surface area contributed by atoms with Crippen LogP contribution < -0.4 is 4.74 Å². The minimum absolute atomic E-state index is 0.118. The maximum atomic E-state index is 12.9. The number of ether oxygens (including phenoxy) is 1. The summed E-state index contributed by atoms with van der Waals surface area (Å²) in [6, 6.07) is 10.9. The van der Waals surface area contributed by atoms with Crippen molar-refractivity contribution >= 4 is 17.6 Å². The van der Waals surface area contributed by atoms with E-state index in [1.165, 1.54) is 18.2 Å². The second-order valence-electron chi connectivity index (χ2n) is 4.20. The van der Waals surface area contributed by atoms with Crippen LogP contribution in [0.5, 0.6) is 5.75 Å². The van der Waals surface area contributed by atoms with Gasteiger partial charge in [0.2, 0.25) is 0 Å². The van der Waals surface area contributed by atoms with Crippen molar-refractivity contribution in [2.24, 2.45) is 0 Å². The molecule has 0 aliphatic heterocycles. The van der Waals surface area contributed by atoms with Crippen molar-refractivity contribution in [3.63, 3.8) is 0 Å². The molecule has 2 rings (SSSR count). The molecule has 0 aliphatic carbocycles. The van der Waals surface area contributed by atoms with E-state index in [4.69, 9.17) is 21.4 Å². The van der Waals surface area contributed by atoms with Crippen molar-refractivity contribution < 1.29 is 19.0 Å². The normalized spacial score (nSPS) is 10.3. The Morgan fingerprint density at radius 2 is 1.95 bits per heavy atom.